The van der Waals surface area contributed by atoms with Crippen molar-refractivity contribution in [2.24, 2.45) is 0 Å². The van der Waals surface area contributed by atoms with Gasteiger partial charge in [0.1, 0.15) is 5.75 Å². The van der Waals surface area contributed by atoms with Gasteiger partial charge in [-0.1, -0.05) is 24.3 Å². The van der Waals surface area contributed by atoms with Gasteiger partial charge < -0.3 is 15.2 Å². The number of allylic oxidation sites excluding steroid dienone is 1. The maximum absolute atomic E-state index is 11.2. The van der Waals surface area contributed by atoms with Gasteiger partial charge in [-0.2, -0.15) is 0 Å². The first-order chi connectivity index (χ1) is 11.1. The van der Waals surface area contributed by atoms with Crippen molar-refractivity contribution >= 4 is 16.7 Å². The molecule has 2 aromatic rings. The minimum absolute atomic E-state index is 0.0376. The highest BCUT2D eigenvalue weighted by Crippen LogP contribution is 2.30. The first-order valence-electron chi connectivity index (χ1n) is 7.65. The van der Waals surface area contributed by atoms with Crippen molar-refractivity contribution in [2.75, 3.05) is 20.3 Å². The fourth-order valence-corrected chi connectivity index (χ4v) is 2.72. The van der Waals surface area contributed by atoms with Crippen LogP contribution in [0.4, 0.5) is 0 Å². The number of hydrogen-bond acceptors (Lipinski definition) is 3. The number of fused-ring (bicyclic) bond motifs is 1. The first kappa shape index (κ1) is 17.0. The summed E-state index contributed by atoms with van der Waals surface area (Å²) in [5.74, 6) is 0.497. The van der Waals surface area contributed by atoms with Crippen LogP contribution in [-0.2, 0) is 11.2 Å². The number of rotatable bonds is 7. The molecule has 1 atom stereocenters. The third-order valence-electron chi connectivity index (χ3n) is 3.89. The summed E-state index contributed by atoms with van der Waals surface area (Å²) in [5, 5.41) is 14.7. The Kier molecular flexibility index (Phi) is 5.77. The van der Waals surface area contributed by atoms with Gasteiger partial charge in [0.15, 0.2) is 0 Å². The van der Waals surface area contributed by atoms with Crippen LogP contribution in [0.1, 0.15) is 24.0 Å². The Hall–Kier alpha value is -2.33. The van der Waals surface area contributed by atoms with Crippen molar-refractivity contribution in [3.63, 3.8) is 0 Å². The summed E-state index contributed by atoms with van der Waals surface area (Å²) in [6, 6.07) is 10.1. The van der Waals surface area contributed by atoms with Crippen LogP contribution in [0.15, 0.2) is 43.0 Å². The fourth-order valence-electron chi connectivity index (χ4n) is 2.72. The van der Waals surface area contributed by atoms with Gasteiger partial charge >= 0.3 is 0 Å². The third kappa shape index (κ3) is 4.11. The summed E-state index contributed by atoms with van der Waals surface area (Å²) >= 11 is 0. The zero-order valence-electron chi connectivity index (χ0n) is 13.6. The number of ether oxygens (including phenoxy) is 1. The number of aliphatic hydroxyl groups excluding tert-OH is 1. The Bertz CT molecular complexity index is 709. The van der Waals surface area contributed by atoms with Crippen molar-refractivity contribution in [3.05, 3.63) is 54.1 Å². The van der Waals surface area contributed by atoms with Gasteiger partial charge in [-0.05, 0) is 40.5 Å². The van der Waals surface area contributed by atoms with E-state index in [1.165, 1.54) is 6.92 Å². The van der Waals surface area contributed by atoms with E-state index in [1.54, 1.807) is 7.11 Å². The minimum Gasteiger partial charge on any atom is -0.497 e. The van der Waals surface area contributed by atoms with Gasteiger partial charge in [-0.3, -0.25) is 4.79 Å². The highest BCUT2D eigenvalue weighted by Gasteiger charge is 2.16. The summed E-state index contributed by atoms with van der Waals surface area (Å²) in [5.41, 5.74) is 2.14. The number of carbonyl (C=O) groups is 1. The second-order valence-electron chi connectivity index (χ2n) is 5.58. The van der Waals surface area contributed by atoms with E-state index >= 15 is 0 Å². The van der Waals surface area contributed by atoms with E-state index in [2.05, 4.69) is 24.0 Å². The Balaban J connectivity index is 2.55. The van der Waals surface area contributed by atoms with Crippen molar-refractivity contribution < 1.29 is 14.6 Å². The monoisotopic (exact) mass is 313 g/mol. The van der Waals surface area contributed by atoms with E-state index in [0.717, 1.165) is 34.1 Å². The molecule has 122 valence electrons. The Morgan fingerprint density at radius 2 is 2.17 bits per heavy atom. The summed E-state index contributed by atoms with van der Waals surface area (Å²) < 4.78 is 5.32. The molecular formula is C19H23NO3. The molecule has 0 aliphatic rings. The van der Waals surface area contributed by atoms with E-state index in [4.69, 9.17) is 4.74 Å². The second kappa shape index (κ2) is 7.79. The average molecular weight is 313 g/mol. The zero-order chi connectivity index (χ0) is 16.8. The maximum Gasteiger partial charge on any atom is 0.216 e. The summed E-state index contributed by atoms with van der Waals surface area (Å²) in [7, 11) is 1.63. The number of amides is 1. The van der Waals surface area contributed by atoms with E-state index in [9.17, 15) is 9.90 Å². The molecular weight excluding hydrogens is 290 g/mol. The molecule has 0 aliphatic heterocycles. The van der Waals surface area contributed by atoms with Crippen LogP contribution in [0.5, 0.6) is 5.75 Å². The van der Waals surface area contributed by atoms with Crippen molar-refractivity contribution in [1.29, 1.82) is 0 Å². The smallest absolute Gasteiger partial charge is 0.216 e. The maximum atomic E-state index is 11.2. The van der Waals surface area contributed by atoms with Crippen LogP contribution < -0.4 is 10.1 Å². The number of benzene rings is 2. The van der Waals surface area contributed by atoms with Gasteiger partial charge in [-0.25, -0.2) is 0 Å². The van der Waals surface area contributed by atoms with Gasteiger partial charge in [-0.15, -0.1) is 6.58 Å². The molecule has 0 aliphatic carbocycles. The first-order valence-corrected chi connectivity index (χ1v) is 7.65. The molecule has 2 N–H and O–H groups in total. The molecule has 4 nitrogen and oxygen atoms in total. The SMILES string of the molecule is C=CCc1cc(C(CO)CNC(C)=O)c2cc(OC)ccc2c1. The highest BCUT2D eigenvalue weighted by molar-refractivity contribution is 5.88. The molecule has 1 unspecified atom stereocenters. The molecule has 23 heavy (non-hydrogen) atoms. The topological polar surface area (TPSA) is 58.6 Å². The summed E-state index contributed by atoms with van der Waals surface area (Å²) in [6.07, 6.45) is 2.61. The average Bonchev–Trinajstić information content (AvgIpc) is 2.55. The number of carbonyl (C=O) groups excluding carboxylic acids is 1. The van der Waals surface area contributed by atoms with Gasteiger partial charge in [0.2, 0.25) is 5.91 Å². The number of hydrogen-bond donors (Lipinski definition) is 2. The molecule has 0 bridgehead atoms. The number of nitrogens with one attached hydrogen (secondary N) is 1. The van der Waals surface area contributed by atoms with E-state index in [1.807, 2.05) is 24.3 Å². The predicted octanol–water partition coefficient (Wildman–Crippen LogP) is 2.79. The molecule has 0 fully saturated rings. The molecule has 2 aromatic carbocycles. The minimum atomic E-state index is -0.168. The fraction of sp³-hybridized carbons (Fsp3) is 0.316. The van der Waals surface area contributed by atoms with Crippen LogP contribution in [0, 0.1) is 0 Å². The molecule has 0 heterocycles. The largest absolute Gasteiger partial charge is 0.497 e. The lowest BCUT2D eigenvalue weighted by molar-refractivity contribution is -0.119. The van der Waals surface area contributed by atoms with Gasteiger partial charge in [0.25, 0.3) is 0 Å². The van der Waals surface area contributed by atoms with Crippen LogP contribution in [0.3, 0.4) is 0 Å². The Morgan fingerprint density at radius 3 is 2.78 bits per heavy atom. The van der Waals surface area contributed by atoms with Crippen LogP contribution in [-0.4, -0.2) is 31.3 Å². The lowest BCUT2D eigenvalue weighted by Gasteiger charge is -2.19. The van der Waals surface area contributed by atoms with Crippen LogP contribution in [0.2, 0.25) is 0 Å². The molecule has 0 aromatic heterocycles. The molecule has 2 rings (SSSR count). The van der Waals surface area contributed by atoms with Gasteiger partial charge in [0, 0.05) is 19.4 Å². The predicted molar refractivity (Wildman–Crippen MR) is 92.9 cm³/mol. The van der Waals surface area contributed by atoms with E-state index in [-0.39, 0.29) is 18.4 Å². The Morgan fingerprint density at radius 1 is 1.39 bits per heavy atom. The summed E-state index contributed by atoms with van der Waals surface area (Å²) in [6.45, 7) is 5.63. The second-order valence-corrected chi connectivity index (χ2v) is 5.58. The normalized spacial score (nSPS) is 12.0. The van der Waals surface area contributed by atoms with Crippen molar-refractivity contribution in [3.8, 4) is 5.75 Å². The van der Waals surface area contributed by atoms with Gasteiger partial charge in [0.05, 0.1) is 13.7 Å². The molecule has 1 amide bonds. The zero-order valence-corrected chi connectivity index (χ0v) is 13.6. The lowest BCUT2D eigenvalue weighted by atomic mass is 9.90. The Labute approximate surface area is 136 Å². The number of aliphatic hydroxyl groups is 1. The molecule has 0 saturated heterocycles. The third-order valence-corrected chi connectivity index (χ3v) is 3.89. The van der Waals surface area contributed by atoms with E-state index < -0.39 is 0 Å². The van der Waals surface area contributed by atoms with Crippen molar-refractivity contribution in [2.45, 2.75) is 19.3 Å². The standard InChI is InChI=1S/C19H23NO3/c1-4-5-14-8-15-6-7-17(23-3)10-19(15)18(9-14)16(12-21)11-20-13(2)22/h4,6-10,16,21H,1,5,11-12H2,2-3H3,(H,20,22). The van der Waals surface area contributed by atoms with Crippen molar-refractivity contribution in [1.82, 2.24) is 5.32 Å². The number of methoxy groups -OCH3 is 1. The lowest BCUT2D eigenvalue weighted by Crippen LogP contribution is -2.27. The molecule has 0 saturated carbocycles. The molecule has 4 heteroatoms. The molecule has 0 spiro atoms. The van der Waals surface area contributed by atoms with Crippen LogP contribution in [0.25, 0.3) is 10.8 Å². The molecule has 0 radical (unpaired) electrons. The van der Waals surface area contributed by atoms with Crippen LogP contribution >= 0.6 is 0 Å². The van der Waals surface area contributed by atoms with E-state index in [0.29, 0.717) is 6.54 Å². The summed E-state index contributed by atoms with van der Waals surface area (Å²) in [4.78, 5) is 11.2. The quantitative estimate of drug-likeness (QED) is 0.773. The highest BCUT2D eigenvalue weighted by atomic mass is 16.5.